The van der Waals surface area contributed by atoms with E-state index in [0.717, 1.165) is 53.6 Å². The largest absolute Gasteiger partial charge is 0.449 e. The van der Waals surface area contributed by atoms with Gasteiger partial charge in [0.1, 0.15) is 0 Å². The molecule has 8 nitrogen and oxygen atoms in total. The third-order valence-electron chi connectivity index (χ3n) is 8.33. The molecule has 4 rings (SSSR count). The first-order valence-electron chi connectivity index (χ1n) is 14.8. The molecule has 1 fully saturated rings. The number of halogens is 1. The van der Waals surface area contributed by atoms with Crippen molar-refractivity contribution in [2.24, 2.45) is 10.4 Å². The highest BCUT2D eigenvalue weighted by Gasteiger charge is 2.40. The maximum atomic E-state index is 12.9. The van der Waals surface area contributed by atoms with Crippen molar-refractivity contribution < 1.29 is 19.4 Å². The fourth-order valence-corrected chi connectivity index (χ4v) is 6.80. The first-order chi connectivity index (χ1) is 20.2. The second kappa shape index (κ2) is 15.1. The minimum atomic E-state index is -1.38. The number of carbonyl (C=O) groups excluding carboxylic acids is 2. The van der Waals surface area contributed by atoms with Crippen LogP contribution < -0.4 is 10.6 Å². The van der Waals surface area contributed by atoms with Crippen molar-refractivity contribution in [3.05, 3.63) is 70.7 Å². The summed E-state index contributed by atoms with van der Waals surface area (Å²) in [5.41, 5.74) is 2.01. The number of rotatable bonds is 13. The van der Waals surface area contributed by atoms with E-state index in [0.29, 0.717) is 13.0 Å². The smallest absolute Gasteiger partial charge is 0.407 e. The molecule has 10 heteroatoms. The molecule has 2 aliphatic rings. The van der Waals surface area contributed by atoms with Crippen LogP contribution in [0.5, 0.6) is 0 Å². The van der Waals surface area contributed by atoms with Gasteiger partial charge in [0.15, 0.2) is 11.3 Å². The van der Waals surface area contributed by atoms with Gasteiger partial charge in [-0.3, -0.25) is 9.79 Å². The summed E-state index contributed by atoms with van der Waals surface area (Å²) < 4.78 is 5.71. The van der Waals surface area contributed by atoms with E-state index in [1.807, 2.05) is 68.4 Å². The molecule has 2 aromatic rings. The molecule has 0 spiro atoms. The summed E-state index contributed by atoms with van der Waals surface area (Å²) in [5, 5.41) is 18.2. The number of unbranched alkanes of at least 4 members (excludes halogenated alkanes) is 1. The minimum absolute atomic E-state index is 0.107. The molecule has 1 heterocycles. The summed E-state index contributed by atoms with van der Waals surface area (Å²) in [6.07, 6.45) is 3.18. The van der Waals surface area contributed by atoms with Crippen molar-refractivity contribution in [2.45, 2.75) is 76.6 Å². The maximum Gasteiger partial charge on any atom is 0.407 e. The minimum Gasteiger partial charge on any atom is -0.449 e. The zero-order valence-electron chi connectivity index (χ0n) is 24.7. The molecule has 0 aromatic heterocycles. The van der Waals surface area contributed by atoms with Crippen molar-refractivity contribution in [2.75, 3.05) is 26.0 Å². The molecule has 1 saturated carbocycles. The summed E-state index contributed by atoms with van der Waals surface area (Å²) in [6.45, 7) is 4.88. The van der Waals surface area contributed by atoms with Gasteiger partial charge in [0.25, 0.3) is 5.91 Å². The number of ether oxygens (including phenoxy) is 1. The molecule has 0 saturated heterocycles. The van der Waals surface area contributed by atoms with Gasteiger partial charge >= 0.3 is 6.09 Å². The van der Waals surface area contributed by atoms with Crippen molar-refractivity contribution in [1.82, 2.24) is 15.5 Å². The number of aliphatic hydroxyl groups is 1. The van der Waals surface area contributed by atoms with Crippen molar-refractivity contribution in [3.8, 4) is 0 Å². The molecule has 42 heavy (non-hydrogen) atoms. The van der Waals surface area contributed by atoms with Crippen LogP contribution in [0.1, 0.15) is 75.6 Å². The average Bonchev–Trinajstić information content (AvgIpc) is 3.34. The number of likely N-dealkylation sites (N-methyl/N-ethyl adjacent to an activating group) is 1. The van der Waals surface area contributed by atoms with Crippen LogP contribution in [-0.4, -0.2) is 65.3 Å². The number of amidine groups is 1. The van der Waals surface area contributed by atoms with E-state index in [9.17, 15) is 14.7 Å². The molecule has 3 N–H and O–H groups in total. The Morgan fingerprint density at radius 2 is 1.88 bits per heavy atom. The molecule has 2 aromatic carbocycles. The third-order valence-corrected chi connectivity index (χ3v) is 10.0. The summed E-state index contributed by atoms with van der Waals surface area (Å²) in [5.74, 6) is 0.288. The van der Waals surface area contributed by atoms with Gasteiger partial charge < -0.3 is 25.4 Å². The Balaban J connectivity index is 1.27. The number of benzene rings is 2. The Labute approximate surface area is 258 Å². The zero-order chi connectivity index (χ0) is 30.1. The molecule has 4 atom stereocenters. The quantitative estimate of drug-likeness (QED) is 0.252. The monoisotopic (exact) mass is 614 g/mol. The molecule has 0 bridgehead atoms. The van der Waals surface area contributed by atoms with Crippen molar-refractivity contribution in [3.63, 3.8) is 0 Å². The molecule has 2 unspecified atom stereocenters. The van der Waals surface area contributed by atoms with E-state index >= 15 is 0 Å². The number of aliphatic hydroxyl groups excluding tert-OH is 1. The first kappa shape index (κ1) is 32.2. The number of amides is 2. The lowest BCUT2D eigenvalue weighted by atomic mass is 9.71. The molecule has 2 amide bonds. The van der Waals surface area contributed by atoms with E-state index in [-0.39, 0.29) is 24.1 Å². The number of hydrogen-bond acceptors (Lipinski definition) is 7. The van der Waals surface area contributed by atoms with Crippen LogP contribution >= 0.6 is 23.4 Å². The number of thioether (sulfide) groups is 1. The Hall–Kier alpha value is -2.75. The summed E-state index contributed by atoms with van der Waals surface area (Å²) >= 11 is 7.77. The average molecular weight is 615 g/mol. The normalized spacial score (nSPS) is 19.7. The van der Waals surface area contributed by atoms with Gasteiger partial charge in [0.05, 0.1) is 31.3 Å². The van der Waals surface area contributed by atoms with E-state index in [1.165, 1.54) is 5.56 Å². The predicted molar refractivity (Wildman–Crippen MR) is 170 cm³/mol. The van der Waals surface area contributed by atoms with Crippen LogP contribution in [0.4, 0.5) is 4.79 Å². The molecular formula is C32H43ClN4O4S. The first-order valence-corrected chi connectivity index (χ1v) is 16.2. The van der Waals surface area contributed by atoms with Gasteiger partial charge in [-0.2, -0.15) is 0 Å². The van der Waals surface area contributed by atoms with Crippen LogP contribution in [0.15, 0.2) is 59.6 Å². The number of aliphatic imine (C=N–C) groups is 1. The lowest BCUT2D eigenvalue weighted by Crippen LogP contribution is -2.51. The van der Waals surface area contributed by atoms with Crippen LogP contribution in [-0.2, 0) is 9.53 Å². The van der Waals surface area contributed by atoms with Gasteiger partial charge in [-0.1, -0.05) is 92.0 Å². The number of nitrogens with zero attached hydrogens (tertiary/aromatic N) is 2. The Kier molecular flexibility index (Phi) is 11.6. The summed E-state index contributed by atoms with van der Waals surface area (Å²) in [4.78, 5) is 32.8. The highest BCUT2D eigenvalue weighted by Crippen LogP contribution is 2.45. The fraction of sp³-hybridized carbons (Fsp3) is 0.531. The van der Waals surface area contributed by atoms with Crippen molar-refractivity contribution in [1.29, 1.82) is 0 Å². The molecular weight excluding hydrogens is 572 g/mol. The number of alkyl carbamates (subject to hydrolysis) is 1. The van der Waals surface area contributed by atoms with E-state index in [2.05, 4.69) is 22.6 Å². The second-order valence-corrected chi connectivity index (χ2v) is 12.9. The lowest BCUT2D eigenvalue weighted by Gasteiger charge is -2.41. The third kappa shape index (κ3) is 8.42. The number of carbonyl (C=O) groups is 2. The van der Waals surface area contributed by atoms with Gasteiger partial charge in [-0.05, 0) is 49.4 Å². The van der Waals surface area contributed by atoms with Crippen LogP contribution in [0.2, 0.25) is 5.02 Å². The van der Waals surface area contributed by atoms with E-state index in [1.54, 1.807) is 11.8 Å². The predicted octanol–water partition coefficient (Wildman–Crippen LogP) is 6.11. The summed E-state index contributed by atoms with van der Waals surface area (Å²) in [6, 6.07) is 16.6. The van der Waals surface area contributed by atoms with Gasteiger partial charge in [0.2, 0.25) is 0 Å². The standard InChI is InChI=1S/C32H43ClN4O4S/c1-4-5-12-26(28(38)29(39)35-22(2)23-10-7-6-8-11-23)36-31(40)41-20-32(17-9-18-32)21-42-30-34-19-27(37(30)3)24-13-15-25(33)16-14-24/h6-8,10-11,13-16,22,26-28,38H,4-5,9,12,17-21H2,1-3H3,(H,35,39)(H,36,40)/t22-,26+,27?,28?/m1/s1. The molecule has 228 valence electrons. The van der Waals surface area contributed by atoms with Crippen LogP contribution in [0, 0.1) is 5.41 Å². The number of nitrogens with one attached hydrogen (secondary N) is 2. The second-order valence-electron chi connectivity index (χ2n) is 11.5. The zero-order valence-corrected chi connectivity index (χ0v) is 26.3. The van der Waals surface area contributed by atoms with E-state index < -0.39 is 24.1 Å². The lowest BCUT2D eigenvalue weighted by molar-refractivity contribution is -0.131. The Morgan fingerprint density at radius 1 is 1.17 bits per heavy atom. The van der Waals surface area contributed by atoms with Gasteiger partial charge in [0, 0.05) is 23.2 Å². The highest BCUT2D eigenvalue weighted by atomic mass is 35.5. The molecule has 1 aliphatic heterocycles. The Bertz CT molecular complexity index is 1210. The Morgan fingerprint density at radius 3 is 2.52 bits per heavy atom. The molecule has 1 aliphatic carbocycles. The number of hydrogen-bond donors (Lipinski definition) is 3. The van der Waals surface area contributed by atoms with Crippen LogP contribution in [0.3, 0.4) is 0 Å². The molecule has 0 radical (unpaired) electrons. The SMILES string of the molecule is CCCC[C@H](NC(=O)OCC1(CSC2=NCC(c3ccc(Cl)cc3)N2C)CCC1)C(O)C(=O)N[C@H](C)c1ccccc1. The summed E-state index contributed by atoms with van der Waals surface area (Å²) in [7, 11) is 2.06. The van der Waals surface area contributed by atoms with Crippen LogP contribution in [0.25, 0.3) is 0 Å². The topological polar surface area (TPSA) is 103 Å². The van der Waals surface area contributed by atoms with Gasteiger partial charge in [-0.15, -0.1) is 0 Å². The van der Waals surface area contributed by atoms with E-state index in [4.69, 9.17) is 21.3 Å². The maximum absolute atomic E-state index is 12.9. The fourth-order valence-electron chi connectivity index (χ4n) is 5.37. The highest BCUT2D eigenvalue weighted by molar-refractivity contribution is 8.13. The van der Waals surface area contributed by atoms with Gasteiger partial charge in [-0.25, -0.2) is 4.79 Å². The van der Waals surface area contributed by atoms with Crippen molar-refractivity contribution >= 4 is 40.5 Å².